The van der Waals surface area contributed by atoms with Crippen LogP contribution in [0.5, 0.6) is 0 Å². The van der Waals surface area contributed by atoms with Crippen molar-refractivity contribution >= 4 is 7.12 Å². The smallest absolute Gasteiger partial charge is 0.426 e. The van der Waals surface area contributed by atoms with Gasteiger partial charge < -0.3 is 15.8 Å². The Hall–Kier alpha value is -0.0551. The van der Waals surface area contributed by atoms with Crippen LogP contribution in [0.2, 0.25) is 0 Å². The third-order valence-electron chi connectivity index (χ3n) is 0.729. The van der Waals surface area contributed by atoms with Crippen molar-refractivity contribution in [3.63, 3.8) is 0 Å². The highest BCUT2D eigenvalue weighted by atomic mass is 16.4. The minimum Gasteiger partial charge on any atom is -0.426 e. The van der Waals surface area contributed by atoms with E-state index in [4.69, 9.17) is 15.8 Å². The van der Waals surface area contributed by atoms with Gasteiger partial charge in [0.05, 0.1) is 0 Å². The Bertz CT molecular complexity index is 50.2. The Morgan fingerprint density at radius 2 is 2.14 bits per heavy atom. The monoisotopic (exact) mass is 102 g/mol. The molecule has 0 aromatic carbocycles. The summed E-state index contributed by atoms with van der Waals surface area (Å²) in [6.45, 7) is 1.67. The van der Waals surface area contributed by atoms with E-state index in [0.29, 0.717) is 0 Å². The number of rotatable bonds is 2. The molecule has 0 aromatic rings. The summed E-state index contributed by atoms with van der Waals surface area (Å²) in [5.74, 6) is -0.611. The van der Waals surface area contributed by atoms with Gasteiger partial charge in [0.2, 0.25) is 0 Å². The van der Waals surface area contributed by atoms with Crippen LogP contribution in [0.15, 0.2) is 0 Å². The standard InChI is InChI=1S/C3H9BNO2/c1-2-3(5)4(6)7/h2-3,6-7H,5H2,1H3. The van der Waals surface area contributed by atoms with Crippen LogP contribution in [-0.4, -0.2) is 23.1 Å². The predicted molar refractivity (Wildman–Crippen MR) is 28.1 cm³/mol. The second-order valence-electron chi connectivity index (χ2n) is 1.32. The van der Waals surface area contributed by atoms with Gasteiger partial charge in [-0.25, -0.2) is 0 Å². The van der Waals surface area contributed by atoms with Crippen LogP contribution in [0.1, 0.15) is 6.92 Å². The lowest BCUT2D eigenvalue weighted by Gasteiger charge is -2.02. The molecule has 0 aliphatic heterocycles. The van der Waals surface area contributed by atoms with Gasteiger partial charge in [0, 0.05) is 5.94 Å². The molecule has 1 atom stereocenters. The Kier molecular flexibility index (Phi) is 2.99. The van der Waals surface area contributed by atoms with Crippen molar-refractivity contribution in [1.82, 2.24) is 0 Å². The molecule has 7 heavy (non-hydrogen) atoms. The lowest BCUT2D eigenvalue weighted by atomic mass is 9.79. The molecule has 41 valence electrons. The molecule has 1 unspecified atom stereocenters. The van der Waals surface area contributed by atoms with Gasteiger partial charge in [0.1, 0.15) is 0 Å². The van der Waals surface area contributed by atoms with Crippen LogP contribution < -0.4 is 5.73 Å². The SMILES string of the molecule is C[CH]C(N)B(O)O. The zero-order valence-electron chi connectivity index (χ0n) is 4.20. The zero-order valence-corrected chi connectivity index (χ0v) is 4.20. The van der Waals surface area contributed by atoms with Crippen LogP contribution >= 0.6 is 0 Å². The topological polar surface area (TPSA) is 66.5 Å². The first-order chi connectivity index (χ1) is 3.18. The lowest BCUT2D eigenvalue weighted by Crippen LogP contribution is -2.38. The lowest BCUT2D eigenvalue weighted by molar-refractivity contribution is 0.394. The minimum atomic E-state index is -1.41. The average Bonchev–Trinajstić information content (AvgIpc) is 1.65. The van der Waals surface area contributed by atoms with Gasteiger partial charge in [-0.15, -0.1) is 0 Å². The van der Waals surface area contributed by atoms with Crippen molar-refractivity contribution in [2.75, 3.05) is 0 Å². The Balaban J connectivity index is 3.14. The molecule has 0 spiro atoms. The van der Waals surface area contributed by atoms with Crippen molar-refractivity contribution in [2.24, 2.45) is 5.73 Å². The van der Waals surface area contributed by atoms with E-state index in [1.807, 2.05) is 0 Å². The summed E-state index contributed by atoms with van der Waals surface area (Å²) < 4.78 is 0. The third-order valence-corrected chi connectivity index (χ3v) is 0.729. The highest BCUT2D eigenvalue weighted by Crippen LogP contribution is 1.82. The molecule has 0 saturated carbocycles. The van der Waals surface area contributed by atoms with Gasteiger partial charge in [-0.05, 0) is 6.42 Å². The van der Waals surface area contributed by atoms with Gasteiger partial charge >= 0.3 is 7.12 Å². The second-order valence-corrected chi connectivity index (χ2v) is 1.32. The highest BCUT2D eigenvalue weighted by Gasteiger charge is 2.15. The quantitative estimate of drug-likeness (QED) is 0.373. The minimum absolute atomic E-state index is 0.611. The number of nitrogens with two attached hydrogens (primary N) is 1. The second kappa shape index (κ2) is 3.01. The van der Waals surface area contributed by atoms with Crippen molar-refractivity contribution in [3.8, 4) is 0 Å². The molecule has 0 amide bonds. The molecule has 4 N–H and O–H groups in total. The van der Waals surface area contributed by atoms with E-state index in [2.05, 4.69) is 0 Å². The fraction of sp³-hybridized carbons (Fsp3) is 0.667. The van der Waals surface area contributed by atoms with E-state index in [-0.39, 0.29) is 0 Å². The molecule has 0 aliphatic rings. The normalized spacial score (nSPS) is 13.7. The summed E-state index contributed by atoms with van der Waals surface area (Å²) in [5, 5.41) is 16.4. The Labute approximate surface area is 43.3 Å². The summed E-state index contributed by atoms with van der Waals surface area (Å²) in [7, 11) is -1.41. The van der Waals surface area contributed by atoms with E-state index in [9.17, 15) is 0 Å². The molecular formula is C3H9BNO2. The average molecular weight is 102 g/mol. The summed E-state index contributed by atoms with van der Waals surface area (Å²) in [6.07, 6.45) is 1.52. The highest BCUT2D eigenvalue weighted by molar-refractivity contribution is 6.43. The maximum Gasteiger partial charge on any atom is 0.469 e. The van der Waals surface area contributed by atoms with E-state index >= 15 is 0 Å². The van der Waals surface area contributed by atoms with E-state index in [0.717, 1.165) is 0 Å². The number of hydrogen-bond acceptors (Lipinski definition) is 3. The van der Waals surface area contributed by atoms with Gasteiger partial charge in [-0.3, -0.25) is 0 Å². The zero-order chi connectivity index (χ0) is 5.86. The molecule has 0 fully saturated rings. The van der Waals surface area contributed by atoms with Gasteiger partial charge in [0.25, 0.3) is 0 Å². The van der Waals surface area contributed by atoms with Crippen LogP contribution in [0.3, 0.4) is 0 Å². The van der Waals surface area contributed by atoms with Crippen LogP contribution in [0.4, 0.5) is 0 Å². The molecule has 4 heteroatoms. The largest absolute Gasteiger partial charge is 0.469 e. The van der Waals surface area contributed by atoms with Gasteiger partial charge in [-0.1, -0.05) is 6.92 Å². The molecule has 0 heterocycles. The third kappa shape index (κ3) is 2.62. The predicted octanol–water partition coefficient (Wildman–Crippen LogP) is -1.45. The maximum atomic E-state index is 8.22. The van der Waals surface area contributed by atoms with Crippen LogP contribution in [0, 0.1) is 6.42 Å². The van der Waals surface area contributed by atoms with Crippen molar-refractivity contribution < 1.29 is 10.0 Å². The summed E-state index contributed by atoms with van der Waals surface area (Å²) >= 11 is 0. The summed E-state index contributed by atoms with van der Waals surface area (Å²) in [5.41, 5.74) is 5.06. The molecule has 0 saturated heterocycles. The van der Waals surface area contributed by atoms with E-state index in [1.165, 1.54) is 6.42 Å². The van der Waals surface area contributed by atoms with Gasteiger partial charge in [0.15, 0.2) is 0 Å². The maximum absolute atomic E-state index is 8.22. The fourth-order valence-corrected chi connectivity index (χ4v) is 0.172. The fourth-order valence-electron chi connectivity index (χ4n) is 0.172. The van der Waals surface area contributed by atoms with Crippen LogP contribution in [-0.2, 0) is 0 Å². The molecular weight excluding hydrogens is 92.8 g/mol. The Morgan fingerprint density at radius 3 is 2.14 bits per heavy atom. The first-order valence-electron chi connectivity index (χ1n) is 2.09. The first-order valence-corrected chi connectivity index (χ1v) is 2.09. The van der Waals surface area contributed by atoms with Crippen molar-refractivity contribution in [1.29, 1.82) is 0 Å². The van der Waals surface area contributed by atoms with Crippen LogP contribution in [0.25, 0.3) is 0 Å². The summed E-state index contributed by atoms with van der Waals surface area (Å²) in [4.78, 5) is 0. The molecule has 0 rings (SSSR count). The summed E-state index contributed by atoms with van der Waals surface area (Å²) in [6, 6.07) is 0. The molecule has 1 radical (unpaired) electrons. The Morgan fingerprint density at radius 1 is 1.71 bits per heavy atom. The molecule has 0 bridgehead atoms. The van der Waals surface area contributed by atoms with Gasteiger partial charge in [-0.2, -0.15) is 0 Å². The van der Waals surface area contributed by atoms with Crippen molar-refractivity contribution in [2.45, 2.75) is 12.9 Å². The van der Waals surface area contributed by atoms with E-state index < -0.39 is 13.1 Å². The first kappa shape index (κ1) is 6.94. The molecule has 3 nitrogen and oxygen atoms in total. The van der Waals surface area contributed by atoms with E-state index in [1.54, 1.807) is 6.92 Å². The van der Waals surface area contributed by atoms with Crippen molar-refractivity contribution in [3.05, 3.63) is 6.42 Å². The number of hydrogen-bond donors (Lipinski definition) is 3. The molecule has 0 aliphatic carbocycles. The molecule has 0 aromatic heterocycles.